The fourth-order valence-electron chi connectivity index (χ4n) is 3.60. The zero-order valence-corrected chi connectivity index (χ0v) is 12.6. The third-order valence-corrected chi connectivity index (χ3v) is 4.74. The standard InChI is InChI=1S/C16H24N4O/c1-18-16(21)11-5-6-13(12(17)10-11)19-14-7-9-20-8-3-2-4-15(14)20/h5-6,10,14-15,19H,2-4,7-9,17H2,1H3,(H,18,21). The summed E-state index contributed by atoms with van der Waals surface area (Å²) in [5.41, 5.74) is 8.30. The molecule has 5 nitrogen and oxygen atoms in total. The van der Waals surface area contributed by atoms with Gasteiger partial charge < -0.3 is 16.4 Å². The highest BCUT2D eigenvalue weighted by molar-refractivity contribution is 5.95. The van der Waals surface area contributed by atoms with Gasteiger partial charge in [-0.05, 0) is 44.0 Å². The highest BCUT2D eigenvalue weighted by Gasteiger charge is 2.35. The van der Waals surface area contributed by atoms with Crippen LogP contribution in [0.15, 0.2) is 18.2 Å². The van der Waals surface area contributed by atoms with Crippen molar-refractivity contribution in [2.45, 2.75) is 37.8 Å². The number of nitrogens with one attached hydrogen (secondary N) is 2. The van der Waals surface area contributed by atoms with Gasteiger partial charge in [-0.2, -0.15) is 0 Å². The summed E-state index contributed by atoms with van der Waals surface area (Å²) in [6.07, 6.45) is 5.09. The summed E-state index contributed by atoms with van der Waals surface area (Å²) in [5.74, 6) is -0.104. The molecule has 1 aromatic rings. The van der Waals surface area contributed by atoms with E-state index >= 15 is 0 Å². The Morgan fingerprint density at radius 3 is 2.90 bits per heavy atom. The van der Waals surface area contributed by atoms with Gasteiger partial charge in [-0.15, -0.1) is 0 Å². The lowest BCUT2D eigenvalue weighted by atomic mass is 9.98. The van der Waals surface area contributed by atoms with Crippen LogP contribution in [0, 0.1) is 0 Å². The number of hydrogen-bond donors (Lipinski definition) is 3. The van der Waals surface area contributed by atoms with E-state index in [1.807, 2.05) is 12.1 Å². The molecule has 0 saturated carbocycles. The lowest BCUT2D eigenvalue weighted by Crippen LogP contribution is -2.41. The lowest BCUT2D eigenvalue weighted by Gasteiger charge is -2.33. The van der Waals surface area contributed by atoms with Crippen LogP contribution in [0.1, 0.15) is 36.0 Å². The Bertz CT molecular complexity index is 531. The first-order valence-corrected chi connectivity index (χ1v) is 7.81. The fourth-order valence-corrected chi connectivity index (χ4v) is 3.60. The van der Waals surface area contributed by atoms with Gasteiger partial charge in [0.25, 0.3) is 5.91 Å². The van der Waals surface area contributed by atoms with E-state index < -0.39 is 0 Å². The van der Waals surface area contributed by atoms with E-state index in [9.17, 15) is 4.79 Å². The monoisotopic (exact) mass is 288 g/mol. The molecule has 2 aliphatic heterocycles. The largest absolute Gasteiger partial charge is 0.397 e. The van der Waals surface area contributed by atoms with Gasteiger partial charge in [0.05, 0.1) is 11.4 Å². The average molecular weight is 288 g/mol. The number of fused-ring (bicyclic) bond motifs is 1. The second kappa shape index (κ2) is 5.93. The molecule has 0 aliphatic carbocycles. The van der Waals surface area contributed by atoms with Crippen LogP contribution in [0.5, 0.6) is 0 Å². The van der Waals surface area contributed by atoms with Crippen LogP contribution in [0.4, 0.5) is 11.4 Å². The highest BCUT2D eigenvalue weighted by atomic mass is 16.1. The Kier molecular flexibility index (Phi) is 4.01. The number of nitrogen functional groups attached to an aromatic ring is 1. The van der Waals surface area contributed by atoms with E-state index in [2.05, 4.69) is 15.5 Å². The van der Waals surface area contributed by atoms with Crippen LogP contribution in [-0.2, 0) is 0 Å². The van der Waals surface area contributed by atoms with Crippen LogP contribution in [0.2, 0.25) is 0 Å². The van der Waals surface area contributed by atoms with E-state index in [0.717, 1.165) is 5.69 Å². The van der Waals surface area contributed by atoms with Gasteiger partial charge in [0.15, 0.2) is 0 Å². The first-order valence-electron chi connectivity index (χ1n) is 7.81. The number of carbonyl (C=O) groups is 1. The van der Waals surface area contributed by atoms with Gasteiger partial charge in [-0.25, -0.2) is 0 Å². The normalized spacial score (nSPS) is 25.4. The number of rotatable bonds is 3. The predicted octanol–water partition coefficient (Wildman–Crippen LogP) is 1.67. The fraction of sp³-hybridized carbons (Fsp3) is 0.562. The van der Waals surface area contributed by atoms with Crippen molar-refractivity contribution in [3.05, 3.63) is 23.8 Å². The summed E-state index contributed by atoms with van der Waals surface area (Å²) in [5, 5.41) is 6.21. The number of amides is 1. The van der Waals surface area contributed by atoms with Crippen molar-refractivity contribution in [2.75, 3.05) is 31.2 Å². The molecule has 2 atom stereocenters. The molecule has 1 amide bonds. The first kappa shape index (κ1) is 14.2. The molecule has 21 heavy (non-hydrogen) atoms. The number of piperidine rings is 1. The zero-order valence-electron chi connectivity index (χ0n) is 12.6. The maximum atomic E-state index is 11.6. The van der Waals surface area contributed by atoms with Crippen LogP contribution >= 0.6 is 0 Å². The van der Waals surface area contributed by atoms with Crippen LogP contribution < -0.4 is 16.4 Å². The second-order valence-corrected chi connectivity index (χ2v) is 6.02. The lowest BCUT2D eigenvalue weighted by molar-refractivity contribution is 0.0963. The van der Waals surface area contributed by atoms with Gasteiger partial charge in [0, 0.05) is 31.2 Å². The Hall–Kier alpha value is -1.75. The number of anilines is 2. The van der Waals surface area contributed by atoms with Gasteiger partial charge in [0.1, 0.15) is 0 Å². The SMILES string of the molecule is CNC(=O)c1ccc(NC2CCN3CCCCC23)c(N)c1. The first-order chi connectivity index (χ1) is 10.2. The molecule has 1 aromatic carbocycles. The summed E-state index contributed by atoms with van der Waals surface area (Å²) in [7, 11) is 1.63. The number of benzene rings is 1. The summed E-state index contributed by atoms with van der Waals surface area (Å²) in [4.78, 5) is 14.2. The maximum Gasteiger partial charge on any atom is 0.251 e. The molecule has 0 spiro atoms. The van der Waals surface area contributed by atoms with Crippen LogP contribution in [0.25, 0.3) is 0 Å². The minimum absolute atomic E-state index is 0.104. The average Bonchev–Trinajstić information content (AvgIpc) is 2.92. The molecular weight excluding hydrogens is 264 g/mol. The quantitative estimate of drug-likeness (QED) is 0.740. The molecule has 0 aromatic heterocycles. The molecule has 2 aliphatic rings. The van der Waals surface area contributed by atoms with Gasteiger partial charge in [-0.1, -0.05) is 6.42 Å². The van der Waals surface area contributed by atoms with Crippen molar-refractivity contribution in [3.8, 4) is 0 Å². The van der Waals surface area contributed by atoms with Crippen molar-refractivity contribution >= 4 is 17.3 Å². The molecule has 2 unspecified atom stereocenters. The van der Waals surface area contributed by atoms with E-state index in [0.29, 0.717) is 23.3 Å². The summed E-state index contributed by atoms with van der Waals surface area (Å²) in [6.45, 7) is 2.41. The molecule has 5 heteroatoms. The molecule has 0 radical (unpaired) electrons. The molecule has 2 saturated heterocycles. The maximum absolute atomic E-state index is 11.6. The number of nitrogens with zero attached hydrogens (tertiary/aromatic N) is 1. The molecule has 2 heterocycles. The van der Waals surface area contributed by atoms with E-state index in [-0.39, 0.29) is 5.91 Å². The zero-order chi connectivity index (χ0) is 14.8. The summed E-state index contributed by atoms with van der Waals surface area (Å²) in [6, 6.07) is 6.60. The van der Waals surface area contributed by atoms with Gasteiger partial charge in [-0.3, -0.25) is 9.69 Å². The van der Waals surface area contributed by atoms with Crippen molar-refractivity contribution in [1.82, 2.24) is 10.2 Å². The Morgan fingerprint density at radius 2 is 2.14 bits per heavy atom. The molecule has 0 bridgehead atoms. The minimum Gasteiger partial charge on any atom is -0.397 e. The van der Waals surface area contributed by atoms with E-state index in [4.69, 9.17) is 5.73 Å². The summed E-state index contributed by atoms with van der Waals surface area (Å²) < 4.78 is 0. The van der Waals surface area contributed by atoms with Crippen molar-refractivity contribution in [1.29, 1.82) is 0 Å². The Labute approximate surface area is 125 Å². The number of carbonyl (C=O) groups excluding carboxylic acids is 1. The summed E-state index contributed by atoms with van der Waals surface area (Å²) >= 11 is 0. The number of hydrogen-bond acceptors (Lipinski definition) is 4. The topological polar surface area (TPSA) is 70.4 Å². The van der Waals surface area contributed by atoms with Crippen LogP contribution in [0.3, 0.4) is 0 Å². The number of nitrogens with two attached hydrogens (primary N) is 1. The van der Waals surface area contributed by atoms with E-state index in [1.54, 1.807) is 13.1 Å². The molecule has 2 fully saturated rings. The Morgan fingerprint density at radius 1 is 1.29 bits per heavy atom. The van der Waals surface area contributed by atoms with Gasteiger partial charge in [0.2, 0.25) is 0 Å². The van der Waals surface area contributed by atoms with E-state index in [1.165, 1.54) is 38.8 Å². The van der Waals surface area contributed by atoms with Crippen molar-refractivity contribution in [2.24, 2.45) is 0 Å². The molecule has 114 valence electrons. The van der Waals surface area contributed by atoms with Crippen molar-refractivity contribution < 1.29 is 4.79 Å². The third-order valence-electron chi connectivity index (χ3n) is 4.74. The molecule has 4 N–H and O–H groups in total. The molecule has 3 rings (SSSR count). The molecular formula is C16H24N4O. The van der Waals surface area contributed by atoms with Gasteiger partial charge >= 0.3 is 0 Å². The van der Waals surface area contributed by atoms with Crippen LogP contribution in [-0.4, -0.2) is 43.0 Å². The smallest absolute Gasteiger partial charge is 0.251 e. The predicted molar refractivity (Wildman–Crippen MR) is 85.5 cm³/mol. The minimum atomic E-state index is -0.104. The highest BCUT2D eigenvalue weighted by Crippen LogP contribution is 2.31. The Balaban J connectivity index is 1.71. The third kappa shape index (κ3) is 2.83. The van der Waals surface area contributed by atoms with Crippen molar-refractivity contribution in [3.63, 3.8) is 0 Å². The second-order valence-electron chi connectivity index (χ2n) is 6.02.